The number of carbonyl (C=O) groups is 2. The van der Waals surface area contributed by atoms with Gasteiger partial charge >= 0.3 is 5.97 Å². The van der Waals surface area contributed by atoms with Crippen molar-refractivity contribution >= 4 is 22.5 Å². The van der Waals surface area contributed by atoms with E-state index in [1.165, 1.54) is 0 Å². The summed E-state index contributed by atoms with van der Waals surface area (Å²) >= 11 is 0. The van der Waals surface area contributed by atoms with Gasteiger partial charge in [-0.15, -0.1) is 0 Å². The van der Waals surface area contributed by atoms with E-state index in [4.69, 9.17) is 9.47 Å². The Balaban J connectivity index is 1.77. The van der Waals surface area contributed by atoms with Crippen LogP contribution in [-0.2, 0) is 0 Å². The fourth-order valence-corrected chi connectivity index (χ4v) is 3.16. The lowest BCUT2D eigenvalue weighted by molar-refractivity contribution is 0.0733. The summed E-state index contributed by atoms with van der Waals surface area (Å²) in [4.78, 5) is 25.2. The third-order valence-corrected chi connectivity index (χ3v) is 5.30. The minimum atomic E-state index is -0.463. The van der Waals surface area contributed by atoms with E-state index in [0.29, 0.717) is 16.9 Å². The smallest absolute Gasteiger partial charge is 0.343 e. The number of Topliss-reactive ketones (excluding diaryl/α,β-unsaturated/α-hetero) is 1. The van der Waals surface area contributed by atoms with E-state index in [9.17, 15) is 9.59 Å². The summed E-state index contributed by atoms with van der Waals surface area (Å²) in [5.41, 5.74) is 0.275. The lowest BCUT2D eigenvalue weighted by Gasteiger charge is -2.21. The molecule has 0 bridgehead atoms. The molecule has 0 saturated carbocycles. The molecule has 162 valence electrons. The van der Waals surface area contributed by atoms with Gasteiger partial charge in [-0.1, -0.05) is 45.0 Å². The minimum absolute atomic E-state index is 0.0673. The summed E-state index contributed by atoms with van der Waals surface area (Å²) in [7, 11) is 0. The maximum atomic E-state index is 12.6. The molecule has 0 aliphatic rings. The third kappa shape index (κ3) is 5.52. The second-order valence-electron chi connectivity index (χ2n) is 9.42. The second-order valence-corrected chi connectivity index (χ2v) is 9.42. The van der Waals surface area contributed by atoms with Gasteiger partial charge in [0.25, 0.3) is 0 Å². The highest BCUT2D eigenvalue weighted by molar-refractivity contribution is 6.01. The Kier molecular flexibility index (Phi) is 6.21. The Bertz CT molecular complexity index is 1100. The van der Waals surface area contributed by atoms with Crippen LogP contribution in [0.4, 0.5) is 0 Å². The lowest BCUT2D eigenvalue weighted by Crippen LogP contribution is -2.23. The molecule has 3 rings (SSSR count). The summed E-state index contributed by atoms with van der Waals surface area (Å²) in [6.45, 7) is 11.8. The molecule has 3 aromatic carbocycles. The fourth-order valence-electron chi connectivity index (χ4n) is 3.16. The second kappa shape index (κ2) is 8.54. The number of rotatable bonds is 6. The van der Waals surface area contributed by atoms with Gasteiger partial charge in [0, 0.05) is 11.0 Å². The van der Waals surface area contributed by atoms with Crippen LogP contribution in [0.3, 0.4) is 0 Å². The van der Waals surface area contributed by atoms with E-state index >= 15 is 0 Å². The van der Waals surface area contributed by atoms with E-state index in [2.05, 4.69) is 0 Å². The van der Waals surface area contributed by atoms with Crippen molar-refractivity contribution in [1.29, 1.82) is 0 Å². The zero-order valence-electron chi connectivity index (χ0n) is 19.1. The van der Waals surface area contributed by atoms with Gasteiger partial charge in [0.15, 0.2) is 5.78 Å². The zero-order chi connectivity index (χ0) is 22.8. The zero-order valence-corrected chi connectivity index (χ0v) is 19.1. The Hall–Kier alpha value is -3.14. The van der Waals surface area contributed by atoms with Gasteiger partial charge in [-0.05, 0) is 74.4 Å². The van der Waals surface area contributed by atoms with Crippen molar-refractivity contribution in [2.24, 2.45) is 5.41 Å². The summed E-state index contributed by atoms with van der Waals surface area (Å²) in [6.07, 6.45) is 0.750. The number of fused-ring (bicyclic) bond motifs is 1. The average Bonchev–Trinajstić information content (AvgIpc) is 2.71. The average molecular weight is 419 g/mol. The van der Waals surface area contributed by atoms with Crippen LogP contribution in [0.5, 0.6) is 11.5 Å². The number of carbonyl (C=O) groups excluding carboxylic acids is 2. The van der Waals surface area contributed by atoms with Crippen molar-refractivity contribution in [3.05, 3.63) is 71.8 Å². The molecule has 0 saturated heterocycles. The normalized spacial score (nSPS) is 11.9. The summed E-state index contributed by atoms with van der Waals surface area (Å²) < 4.78 is 11.5. The van der Waals surface area contributed by atoms with Crippen LogP contribution in [-0.4, -0.2) is 17.4 Å². The Morgan fingerprint density at radius 2 is 1.29 bits per heavy atom. The number of ketones is 1. The Labute approximate surface area is 184 Å². The molecular weight excluding hydrogens is 388 g/mol. The van der Waals surface area contributed by atoms with Crippen molar-refractivity contribution in [3.8, 4) is 11.5 Å². The number of benzene rings is 3. The van der Waals surface area contributed by atoms with Crippen molar-refractivity contribution < 1.29 is 19.1 Å². The molecule has 0 amide bonds. The molecular formula is C27H30O4. The van der Waals surface area contributed by atoms with Crippen molar-refractivity contribution in [2.45, 2.75) is 53.6 Å². The number of ether oxygens (including phenoxy) is 2. The van der Waals surface area contributed by atoms with Gasteiger partial charge in [0.1, 0.15) is 17.1 Å². The molecule has 0 aromatic heterocycles. The molecule has 3 aromatic rings. The first-order valence-corrected chi connectivity index (χ1v) is 10.6. The number of hydrogen-bond acceptors (Lipinski definition) is 4. The molecule has 0 N–H and O–H groups in total. The lowest BCUT2D eigenvalue weighted by atomic mass is 9.82. The van der Waals surface area contributed by atoms with Crippen LogP contribution in [0.25, 0.3) is 10.8 Å². The largest absolute Gasteiger partial charge is 0.488 e. The van der Waals surface area contributed by atoms with Gasteiger partial charge in [0.2, 0.25) is 0 Å². The quantitative estimate of drug-likeness (QED) is 0.249. The van der Waals surface area contributed by atoms with E-state index < -0.39 is 11.4 Å². The fraction of sp³-hybridized carbons (Fsp3) is 0.333. The predicted octanol–water partition coefficient (Wildman–Crippen LogP) is 6.86. The van der Waals surface area contributed by atoms with Crippen molar-refractivity contribution in [2.75, 3.05) is 0 Å². The molecule has 0 fully saturated rings. The van der Waals surface area contributed by atoms with Crippen LogP contribution < -0.4 is 9.47 Å². The molecule has 0 unspecified atom stereocenters. The molecule has 0 heterocycles. The minimum Gasteiger partial charge on any atom is -0.488 e. The van der Waals surface area contributed by atoms with Gasteiger partial charge in [-0.25, -0.2) is 4.79 Å². The van der Waals surface area contributed by atoms with Gasteiger partial charge in [0.05, 0.1) is 5.56 Å². The molecule has 0 radical (unpaired) electrons. The highest BCUT2D eigenvalue weighted by atomic mass is 16.5. The molecule has 0 spiro atoms. The maximum Gasteiger partial charge on any atom is 0.343 e. The molecule has 31 heavy (non-hydrogen) atoms. The Morgan fingerprint density at radius 1 is 0.742 bits per heavy atom. The monoisotopic (exact) mass is 418 g/mol. The van der Waals surface area contributed by atoms with Crippen LogP contribution >= 0.6 is 0 Å². The molecule has 0 aliphatic heterocycles. The first kappa shape index (κ1) is 22.5. The number of hydrogen-bond donors (Lipinski definition) is 0. The maximum absolute atomic E-state index is 12.6. The topological polar surface area (TPSA) is 52.6 Å². The SMILES string of the molecule is CCC(C)(C)C(=O)c1ccc(C(=O)Oc2ccc3ccc(OC(C)(C)C)cc3c2)cc1. The standard InChI is InChI=1S/C27H30O4/c1-7-27(5,6)24(28)19-8-10-20(11-9-19)25(29)30-22-14-12-18-13-15-23(17-21(18)16-22)31-26(2,3)4/h8-17H,7H2,1-6H3. The van der Waals surface area contributed by atoms with Gasteiger partial charge in [-0.2, -0.15) is 0 Å². The summed E-state index contributed by atoms with van der Waals surface area (Å²) in [5.74, 6) is 0.823. The third-order valence-electron chi connectivity index (χ3n) is 5.30. The van der Waals surface area contributed by atoms with E-state index in [-0.39, 0.29) is 11.4 Å². The predicted molar refractivity (Wildman–Crippen MR) is 124 cm³/mol. The van der Waals surface area contributed by atoms with Gasteiger partial charge in [-0.3, -0.25) is 4.79 Å². The van der Waals surface area contributed by atoms with E-state index in [1.807, 2.05) is 71.9 Å². The first-order valence-electron chi connectivity index (χ1n) is 10.6. The van der Waals surface area contributed by atoms with Crippen LogP contribution in [0.15, 0.2) is 60.7 Å². The highest BCUT2D eigenvalue weighted by Crippen LogP contribution is 2.28. The van der Waals surface area contributed by atoms with Gasteiger partial charge < -0.3 is 9.47 Å². The van der Waals surface area contributed by atoms with Crippen molar-refractivity contribution in [3.63, 3.8) is 0 Å². The first-order chi connectivity index (χ1) is 14.5. The van der Waals surface area contributed by atoms with Crippen LogP contribution in [0.1, 0.15) is 68.7 Å². The van der Waals surface area contributed by atoms with Crippen LogP contribution in [0, 0.1) is 5.41 Å². The summed E-state index contributed by atoms with van der Waals surface area (Å²) in [6, 6.07) is 18.0. The van der Waals surface area contributed by atoms with Crippen molar-refractivity contribution in [1.82, 2.24) is 0 Å². The Morgan fingerprint density at radius 3 is 1.87 bits per heavy atom. The molecule has 0 aliphatic carbocycles. The molecule has 4 heteroatoms. The van der Waals surface area contributed by atoms with E-state index in [0.717, 1.165) is 22.9 Å². The molecule has 4 nitrogen and oxygen atoms in total. The van der Waals surface area contributed by atoms with E-state index in [1.54, 1.807) is 30.3 Å². The highest BCUT2D eigenvalue weighted by Gasteiger charge is 2.26. The molecule has 0 atom stereocenters. The number of esters is 1. The van der Waals surface area contributed by atoms with Crippen LogP contribution in [0.2, 0.25) is 0 Å². The summed E-state index contributed by atoms with van der Waals surface area (Å²) in [5, 5.41) is 1.96.